The van der Waals surface area contributed by atoms with Crippen LogP contribution in [0, 0.1) is 10.1 Å². The summed E-state index contributed by atoms with van der Waals surface area (Å²) in [6.45, 7) is 2.15. The van der Waals surface area contributed by atoms with Crippen LogP contribution < -0.4 is 4.74 Å². The quantitative estimate of drug-likeness (QED) is 0.597. The van der Waals surface area contributed by atoms with Gasteiger partial charge in [-0.2, -0.15) is 0 Å². The predicted molar refractivity (Wildman–Crippen MR) is 54.3 cm³/mol. The number of nitrogens with zero attached hydrogens (tertiary/aromatic N) is 1. The Kier molecular flexibility index (Phi) is 3.55. The Labute approximate surface area is 90.5 Å². The summed E-state index contributed by atoms with van der Waals surface area (Å²) in [5.41, 5.74) is -0.209. The van der Waals surface area contributed by atoms with Gasteiger partial charge in [-0.1, -0.05) is 23.2 Å². The van der Waals surface area contributed by atoms with E-state index >= 15 is 0 Å². The van der Waals surface area contributed by atoms with Crippen molar-refractivity contribution in [3.8, 4) is 5.75 Å². The van der Waals surface area contributed by atoms with Crippen LogP contribution in [-0.4, -0.2) is 11.5 Å². The summed E-state index contributed by atoms with van der Waals surface area (Å²) in [7, 11) is 0. The Morgan fingerprint density at radius 1 is 1.43 bits per heavy atom. The summed E-state index contributed by atoms with van der Waals surface area (Å²) in [4.78, 5) is 9.93. The minimum atomic E-state index is -0.582. The molecule has 0 saturated carbocycles. The first kappa shape index (κ1) is 11.1. The van der Waals surface area contributed by atoms with E-state index in [0.29, 0.717) is 6.61 Å². The number of ether oxygens (including phenoxy) is 1. The molecule has 0 aromatic heterocycles. The summed E-state index contributed by atoms with van der Waals surface area (Å²) in [5, 5.41) is 10.8. The van der Waals surface area contributed by atoms with Gasteiger partial charge in [0, 0.05) is 0 Å². The molecule has 14 heavy (non-hydrogen) atoms. The second-order valence-corrected chi connectivity index (χ2v) is 3.24. The van der Waals surface area contributed by atoms with Gasteiger partial charge in [0.1, 0.15) is 10.8 Å². The zero-order valence-electron chi connectivity index (χ0n) is 7.29. The molecule has 0 radical (unpaired) electrons. The number of hydrogen-bond donors (Lipinski definition) is 0. The van der Waals surface area contributed by atoms with Crippen molar-refractivity contribution in [1.29, 1.82) is 0 Å². The van der Waals surface area contributed by atoms with Gasteiger partial charge in [0.2, 0.25) is 0 Å². The van der Waals surface area contributed by atoms with E-state index < -0.39 is 4.92 Å². The van der Waals surface area contributed by atoms with Crippen LogP contribution in [0.4, 0.5) is 5.69 Å². The smallest absolute Gasteiger partial charge is 0.291 e. The van der Waals surface area contributed by atoms with Gasteiger partial charge in [-0.25, -0.2) is 0 Å². The van der Waals surface area contributed by atoms with Crippen LogP contribution in [0.25, 0.3) is 0 Å². The molecule has 1 aromatic rings. The third-order valence-electron chi connectivity index (χ3n) is 1.50. The highest BCUT2D eigenvalue weighted by Crippen LogP contribution is 2.35. The number of hydrogen-bond acceptors (Lipinski definition) is 3. The SMILES string of the molecule is CCOc1cc([N+](=O)[O-])c(Cl)cc1Cl. The third-order valence-corrected chi connectivity index (χ3v) is 2.10. The first-order valence-electron chi connectivity index (χ1n) is 3.82. The minimum Gasteiger partial charge on any atom is -0.492 e. The average molecular weight is 236 g/mol. The first-order valence-corrected chi connectivity index (χ1v) is 4.58. The second-order valence-electron chi connectivity index (χ2n) is 2.42. The zero-order chi connectivity index (χ0) is 10.7. The van der Waals surface area contributed by atoms with Crippen LogP contribution in [0.3, 0.4) is 0 Å². The molecule has 4 nitrogen and oxygen atoms in total. The van der Waals surface area contributed by atoms with Crippen molar-refractivity contribution < 1.29 is 9.66 Å². The van der Waals surface area contributed by atoms with Crippen molar-refractivity contribution >= 4 is 28.9 Å². The number of benzene rings is 1. The molecule has 0 aliphatic heterocycles. The molecule has 6 heteroatoms. The first-order chi connectivity index (χ1) is 6.56. The van der Waals surface area contributed by atoms with Gasteiger partial charge in [0.25, 0.3) is 5.69 Å². The van der Waals surface area contributed by atoms with Gasteiger partial charge < -0.3 is 4.74 Å². The van der Waals surface area contributed by atoms with Crippen LogP contribution in [-0.2, 0) is 0 Å². The van der Waals surface area contributed by atoms with Crippen LogP contribution in [0.15, 0.2) is 12.1 Å². The average Bonchev–Trinajstić information content (AvgIpc) is 2.09. The van der Waals surface area contributed by atoms with Crippen molar-refractivity contribution in [3.63, 3.8) is 0 Å². The maximum atomic E-state index is 10.5. The fourth-order valence-electron chi connectivity index (χ4n) is 0.924. The molecule has 0 saturated heterocycles. The lowest BCUT2D eigenvalue weighted by Crippen LogP contribution is -1.95. The number of nitro benzene ring substituents is 1. The molecule has 0 heterocycles. The van der Waals surface area contributed by atoms with Crippen molar-refractivity contribution in [3.05, 3.63) is 32.3 Å². The summed E-state index contributed by atoms with van der Waals surface area (Å²) in [5.74, 6) is 0.269. The Morgan fingerprint density at radius 3 is 2.57 bits per heavy atom. The second kappa shape index (κ2) is 4.48. The Hall–Kier alpha value is -1.000. The van der Waals surface area contributed by atoms with Crippen LogP contribution in [0.5, 0.6) is 5.75 Å². The van der Waals surface area contributed by atoms with Gasteiger partial charge in [-0.15, -0.1) is 0 Å². The van der Waals surface area contributed by atoms with E-state index in [-0.39, 0.29) is 21.5 Å². The molecular weight excluding hydrogens is 229 g/mol. The molecule has 0 aliphatic rings. The Balaban J connectivity index is 3.20. The summed E-state index contributed by atoms with van der Waals surface area (Å²) in [6, 6.07) is 2.51. The van der Waals surface area contributed by atoms with E-state index in [1.807, 2.05) is 0 Å². The number of halogens is 2. The molecule has 0 atom stereocenters. The lowest BCUT2D eigenvalue weighted by molar-refractivity contribution is -0.384. The summed E-state index contributed by atoms with van der Waals surface area (Å²) < 4.78 is 5.09. The maximum Gasteiger partial charge on any atom is 0.291 e. The van der Waals surface area contributed by atoms with Gasteiger partial charge in [0.15, 0.2) is 0 Å². The van der Waals surface area contributed by atoms with E-state index in [1.54, 1.807) is 6.92 Å². The van der Waals surface area contributed by atoms with Crippen molar-refractivity contribution in [2.45, 2.75) is 6.92 Å². The molecule has 0 amide bonds. The largest absolute Gasteiger partial charge is 0.492 e. The normalized spacial score (nSPS) is 9.93. The van der Waals surface area contributed by atoms with Crippen LogP contribution in [0.2, 0.25) is 10.0 Å². The molecule has 0 unspecified atom stereocenters. The van der Waals surface area contributed by atoms with Crippen molar-refractivity contribution in [1.82, 2.24) is 0 Å². The molecular formula is C8H7Cl2NO3. The van der Waals surface area contributed by atoms with Crippen molar-refractivity contribution in [2.24, 2.45) is 0 Å². The molecule has 1 aromatic carbocycles. The molecule has 76 valence electrons. The fraction of sp³-hybridized carbons (Fsp3) is 0.250. The van der Waals surface area contributed by atoms with Crippen molar-refractivity contribution in [2.75, 3.05) is 6.61 Å². The molecule has 0 fully saturated rings. The number of nitro groups is 1. The lowest BCUT2D eigenvalue weighted by Gasteiger charge is -2.05. The molecule has 0 N–H and O–H groups in total. The summed E-state index contributed by atoms with van der Waals surface area (Å²) >= 11 is 11.4. The zero-order valence-corrected chi connectivity index (χ0v) is 8.80. The van der Waals surface area contributed by atoms with Gasteiger partial charge in [-0.3, -0.25) is 10.1 Å². The van der Waals surface area contributed by atoms with E-state index in [4.69, 9.17) is 27.9 Å². The fourth-order valence-corrected chi connectivity index (χ4v) is 1.43. The monoisotopic (exact) mass is 235 g/mol. The highest BCUT2D eigenvalue weighted by atomic mass is 35.5. The van der Waals surface area contributed by atoms with Crippen LogP contribution >= 0.6 is 23.2 Å². The maximum absolute atomic E-state index is 10.5. The molecule has 0 bridgehead atoms. The Bertz CT molecular complexity index is 368. The molecule has 0 spiro atoms. The standard InChI is InChI=1S/C8H7Cl2NO3/c1-2-14-8-4-7(11(12)13)5(9)3-6(8)10/h3-4H,2H2,1H3. The molecule has 1 rings (SSSR count). The van der Waals surface area contributed by atoms with Crippen LogP contribution in [0.1, 0.15) is 6.92 Å². The minimum absolute atomic E-state index is 0.00320. The highest BCUT2D eigenvalue weighted by molar-refractivity contribution is 6.36. The van der Waals surface area contributed by atoms with Gasteiger partial charge >= 0.3 is 0 Å². The van der Waals surface area contributed by atoms with E-state index in [1.165, 1.54) is 12.1 Å². The van der Waals surface area contributed by atoms with E-state index in [2.05, 4.69) is 0 Å². The lowest BCUT2D eigenvalue weighted by atomic mass is 10.3. The van der Waals surface area contributed by atoms with Gasteiger partial charge in [0.05, 0.1) is 22.6 Å². The van der Waals surface area contributed by atoms with E-state index in [0.717, 1.165) is 0 Å². The third kappa shape index (κ3) is 2.27. The van der Waals surface area contributed by atoms with E-state index in [9.17, 15) is 10.1 Å². The topological polar surface area (TPSA) is 52.4 Å². The number of rotatable bonds is 3. The van der Waals surface area contributed by atoms with Gasteiger partial charge in [-0.05, 0) is 13.0 Å². The highest BCUT2D eigenvalue weighted by Gasteiger charge is 2.16. The summed E-state index contributed by atoms with van der Waals surface area (Å²) in [6.07, 6.45) is 0. The predicted octanol–water partition coefficient (Wildman–Crippen LogP) is 3.30. The Morgan fingerprint density at radius 2 is 2.07 bits per heavy atom. The molecule has 0 aliphatic carbocycles.